The molecule has 2 rings (SSSR count). The number of primary amides is 1. The number of hydrogen-bond donors (Lipinski definition) is 2. The maximum absolute atomic E-state index is 11.1. The highest BCUT2D eigenvalue weighted by atomic mass is 16.5. The number of nitrogens with two attached hydrogens (primary N) is 2. The summed E-state index contributed by atoms with van der Waals surface area (Å²) in [5.74, 6) is 0.479. The van der Waals surface area contributed by atoms with Crippen LogP contribution < -0.4 is 16.2 Å². The Balaban J connectivity index is 2.29. The van der Waals surface area contributed by atoms with Gasteiger partial charge in [0, 0.05) is 11.9 Å². The summed E-state index contributed by atoms with van der Waals surface area (Å²) >= 11 is 0. The van der Waals surface area contributed by atoms with Crippen molar-refractivity contribution in [3.63, 3.8) is 0 Å². The highest BCUT2D eigenvalue weighted by Gasteiger charge is 2.07. The van der Waals surface area contributed by atoms with Gasteiger partial charge in [-0.3, -0.25) is 9.78 Å². The number of pyridine rings is 1. The van der Waals surface area contributed by atoms with E-state index in [-0.39, 0.29) is 5.56 Å². The van der Waals surface area contributed by atoms with Gasteiger partial charge in [-0.15, -0.1) is 0 Å². The average molecular weight is 229 g/mol. The molecular formula is C12H11N3O2. The lowest BCUT2D eigenvalue weighted by molar-refractivity contribution is 0.100. The molecule has 0 atom stereocenters. The van der Waals surface area contributed by atoms with Gasteiger partial charge in [0.2, 0.25) is 0 Å². The highest BCUT2D eigenvalue weighted by Crippen LogP contribution is 2.24. The smallest absolute Gasteiger partial charge is 0.250 e. The van der Waals surface area contributed by atoms with Gasteiger partial charge in [0.1, 0.15) is 11.5 Å². The topological polar surface area (TPSA) is 91.2 Å². The molecule has 0 saturated carbocycles. The van der Waals surface area contributed by atoms with Gasteiger partial charge in [-0.2, -0.15) is 0 Å². The summed E-state index contributed by atoms with van der Waals surface area (Å²) in [6.07, 6.45) is 3.21. The van der Waals surface area contributed by atoms with E-state index in [1.807, 2.05) is 0 Å². The Morgan fingerprint density at radius 1 is 1.24 bits per heavy atom. The normalized spacial score (nSPS) is 9.88. The highest BCUT2D eigenvalue weighted by molar-refractivity contribution is 5.98. The summed E-state index contributed by atoms with van der Waals surface area (Å²) in [4.78, 5) is 15.0. The van der Waals surface area contributed by atoms with Crippen LogP contribution in [-0.2, 0) is 0 Å². The minimum absolute atomic E-state index is 0.242. The zero-order valence-electron chi connectivity index (χ0n) is 8.96. The van der Waals surface area contributed by atoms with E-state index >= 15 is 0 Å². The lowest BCUT2D eigenvalue weighted by Crippen LogP contribution is -2.13. The van der Waals surface area contributed by atoms with Crippen molar-refractivity contribution in [2.75, 3.05) is 5.73 Å². The van der Waals surface area contributed by atoms with Gasteiger partial charge in [0.05, 0.1) is 11.8 Å². The second-order valence-electron chi connectivity index (χ2n) is 3.40. The molecular weight excluding hydrogens is 218 g/mol. The third kappa shape index (κ3) is 2.52. The van der Waals surface area contributed by atoms with Crippen LogP contribution in [0, 0.1) is 0 Å². The van der Waals surface area contributed by atoms with Crippen molar-refractivity contribution >= 4 is 11.6 Å². The van der Waals surface area contributed by atoms with Gasteiger partial charge in [0.25, 0.3) is 5.91 Å². The third-order valence-corrected chi connectivity index (χ3v) is 2.16. The number of ether oxygens (including phenoxy) is 1. The van der Waals surface area contributed by atoms with E-state index in [2.05, 4.69) is 4.98 Å². The van der Waals surface area contributed by atoms with Crippen LogP contribution in [0.3, 0.4) is 0 Å². The number of aromatic nitrogens is 1. The predicted octanol–water partition coefficient (Wildman–Crippen LogP) is 1.55. The lowest BCUT2D eigenvalue weighted by Gasteiger charge is -2.07. The van der Waals surface area contributed by atoms with E-state index in [1.54, 1.807) is 36.7 Å². The number of rotatable bonds is 3. The predicted molar refractivity (Wildman–Crippen MR) is 63.7 cm³/mol. The molecule has 5 heteroatoms. The molecule has 0 spiro atoms. The molecule has 0 fully saturated rings. The largest absolute Gasteiger partial charge is 0.456 e. The van der Waals surface area contributed by atoms with Crippen LogP contribution in [0.5, 0.6) is 11.5 Å². The van der Waals surface area contributed by atoms with Gasteiger partial charge in [-0.05, 0) is 30.3 Å². The summed E-state index contributed by atoms with van der Waals surface area (Å²) in [5.41, 5.74) is 11.4. The van der Waals surface area contributed by atoms with Crippen LogP contribution in [0.1, 0.15) is 10.4 Å². The van der Waals surface area contributed by atoms with Crippen molar-refractivity contribution in [2.24, 2.45) is 5.73 Å². The summed E-state index contributed by atoms with van der Waals surface area (Å²) < 4.78 is 5.50. The van der Waals surface area contributed by atoms with Crippen LogP contribution in [-0.4, -0.2) is 10.9 Å². The third-order valence-electron chi connectivity index (χ3n) is 2.16. The lowest BCUT2D eigenvalue weighted by atomic mass is 10.1. The Morgan fingerprint density at radius 2 is 2.06 bits per heavy atom. The maximum atomic E-state index is 11.1. The van der Waals surface area contributed by atoms with E-state index in [9.17, 15) is 4.79 Å². The van der Waals surface area contributed by atoms with Gasteiger partial charge in [-0.1, -0.05) is 0 Å². The van der Waals surface area contributed by atoms with E-state index < -0.39 is 5.91 Å². The van der Waals surface area contributed by atoms with Crippen molar-refractivity contribution in [1.29, 1.82) is 0 Å². The number of amides is 1. The molecule has 0 saturated heterocycles. The number of nitrogens with zero attached hydrogens (tertiary/aromatic N) is 1. The molecule has 0 aliphatic rings. The van der Waals surface area contributed by atoms with Crippen LogP contribution in [0.25, 0.3) is 0 Å². The number of benzene rings is 1. The molecule has 0 bridgehead atoms. The average Bonchev–Trinajstić information content (AvgIpc) is 2.32. The zero-order chi connectivity index (χ0) is 12.3. The minimum atomic E-state index is -0.584. The SMILES string of the molecule is NC(=O)c1cc(Oc2cccnc2)ccc1N. The van der Waals surface area contributed by atoms with Crippen LogP contribution in [0.2, 0.25) is 0 Å². The molecule has 0 unspecified atom stereocenters. The van der Waals surface area contributed by atoms with Gasteiger partial charge in [0.15, 0.2) is 0 Å². The number of carbonyl (C=O) groups is 1. The van der Waals surface area contributed by atoms with Crippen molar-refractivity contribution in [3.8, 4) is 11.5 Å². The fourth-order valence-corrected chi connectivity index (χ4v) is 1.36. The van der Waals surface area contributed by atoms with E-state index in [0.29, 0.717) is 17.2 Å². The van der Waals surface area contributed by atoms with Crippen molar-refractivity contribution in [1.82, 2.24) is 4.98 Å². The summed E-state index contributed by atoms with van der Waals surface area (Å²) in [6, 6.07) is 8.25. The maximum Gasteiger partial charge on any atom is 0.250 e. The molecule has 1 amide bonds. The van der Waals surface area contributed by atoms with E-state index in [1.165, 1.54) is 6.07 Å². The van der Waals surface area contributed by atoms with Gasteiger partial charge >= 0.3 is 0 Å². The number of carbonyl (C=O) groups excluding carboxylic acids is 1. The van der Waals surface area contributed by atoms with Gasteiger partial charge < -0.3 is 16.2 Å². The first kappa shape index (κ1) is 10.9. The molecule has 0 radical (unpaired) electrons. The molecule has 4 N–H and O–H groups in total. The Labute approximate surface area is 98.0 Å². The van der Waals surface area contributed by atoms with E-state index in [0.717, 1.165) is 0 Å². The minimum Gasteiger partial charge on any atom is -0.456 e. The van der Waals surface area contributed by atoms with Crippen molar-refractivity contribution < 1.29 is 9.53 Å². The van der Waals surface area contributed by atoms with Crippen LogP contribution in [0.4, 0.5) is 5.69 Å². The fraction of sp³-hybridized carbons (Fsp3) is 0. The van der Waals surface area contributed by atoms with Crippen molar-refractivity contribution in [2.45, 2.75) is 0 Å². The molecule has 0 aliphatic heterocycles. The molecule has 5 nitrogen and oxygen atoms in total. The number of hydrogen-bond acceptors (Lipinski definition) is 4. The number of nitrogen functional groups attached to an aromatic ring is 1. The number of anilines is 1. The Morgan fingerprint density at radius 3 is 2.71 bits per heavy atom. The van der Waals surface area contributed by atoms with Crippen LogP contribution >= 0.6 is 0 Å². The first-order valence-corrected chi connectivity index (χ1v) is 4.94. The quantitative estimate of drug-likeness (QED) is 0.781. The molecule has 1 aromatic heterocycles. The van der Waals surface area contributed by atoms with Crippen molar-refractivity contribution in [3.05, 3.63) is 48.3 Å². The van der Waals surface area contributed by atoms with E-state index in [4.69, 9.17) is 16.2 Å². The summed E-state index contributed by atoms with van der Waals surface area (Å²) in [7, 11) is 0. The second-order valence-corrected chi connectivity index (χ2v) is 3.40. The molecule has 0 aliphatic carbocycles. The monoisotopic (exact) mass is 229 g/mol. The first-order valence-electron chi connectivity index (χ1n) is 4.94. The zero-order valence-corrected chi connectivity index (χ0v) is 8.96. The molecule has 2 aromatic rings. The fourth-order valence-electron chi connectivity index (χ4n) is 1.36. The Kier molecular flexibility index (Phi) is 2.91. The van der Waals surface area contributed by atoms with Crippen LogP contribution in [0.15, 0.2) is 42.7 Å². The summed E-state index contributed by atoms with van der Waals surface area (Å²) in [6.45, 7) is 0. The molecule has 17 heavy (non-hydrogen) atoms. The second kappa shape index (κ2) is 4.52. The molecule has 86 valence electrons. The standard InChI is InChI=1S/C12H11N3O2/c13-11-4-3-8(6-10(11)12(14)16)17-9-2-1-5-15-7-9/h1-7H,13H2,(H2,14,16). The first-order chi connectivity index (χ1) is 8.16. The Bertz CT molecular complexity index is 541. The summed E-state index contributed by atoms with van der Waals surface area (Å²) in [5, 5.41) is 0. The molecule has 1 aromatic carbocycles. The Hall–Kier alpha value is -2.56. The molecule has 1 heterocycles. The van der Waals surface area contributed by atoms with Gasteiger partial charge in [-0.25, -0.2) is 0 Å².